The average molecular weight is 793 g/mol. The quantitative estimate of drug-likeness (QED) is 0.0644. The van der Waals surface area contributed by atoms with Crippen LogP contribution in [0.25, 0.3) is 0 Å². The van der Waals surface area contributed by atoms with Crippen LogP contribution in [0.5, 0.6) is 0 Å². The van der Waals surface area contributed by atoms with Crippen LogP contribution in [0.3, 0.4) is 0 Å². The summed E-state index contributed by atoms with van der Waals surface area (Å²) < 4.78 is 97.2. The number of phosphoric ester groups is 2. The minimum atomic E-state index is -5.60. The lowest BCUT2D eigenvalue weighted by atomic mass is 9.51. The van der Waals surface area contributed by atoms with E-state index in [2.05, 4.69) is 20.4 Å². The van der Waals surface area contributed by atoms with Crippen LogP contribution in [-0.2, 0) is 75.5 Å². The number of aliphatic hydroxyl groups is 1. The molecule has 3 fully saturated rings. The molecule has 3 rings (SSSR count). The number of hydrogen-bond donors (Lipinski definition) is 7. The maximum absolute atomic E-state index is 12.8. The molecule has 0 aromatic heterocycles. The second kappa shape index (κ2) is 17.3. The molecule has 0 saturated carbocycles. The highest BCUT2D eigenvalue weighted by molar-refractivity contribution is 8.08. The molecule has 0 aromatic carbocycles. The van der Waals surface area contributed by atoms with Crippen molar-refractivity contribution in [2.45, 2.75) is 87.3 Å². The van der Waals surface area contributed by atoms with E-state index in [9.17, 15) is 42.9 Å². The van der Waals surface area contributed by atoms with Gasteiger partial charge in [0.15, 0.2) is 0 Å². The summed E-state index contributed by atoms with van der Waals surface area (Å²) in [6, 6.07) is -1.92. The molecule has 7 N–H and O–H groups in total. The number of rotatable bonds is 19. The van der Waals surface area contributed by atoms with Crippen molar-refractivity contribution in [2.24, 2.45) is 0 Å². The Balaban J connectivity index is 1.54. The first-order valence-electron chi connectivity index (χ1n) is 13.6. The van der Waals surface area contributed by atoms with E-state index in [4.69, 9.17) is 62.2 Å². The van der Waals surface area contributed by atoms with Crippen molar-refractivity contribution in [3.05, 3.63) is 0 Å². The summed E-state index contributed by atoms with van der Waals surface area (Å²) in [5.41, 5.74) is 0. The van der Waals surface area contributed by atoms with E-state index in [1.165, 1.54) is 0 Å². The van der Waals surface area contributed by atoms with Gasteiger partial charge in [0.1, 0.15) is 26.2 Å². The molecule has 3 aliphatic heterocycles. The Kier molecular flexibility index (Phi) is 15.6. The predicted octanol–water partition coefficient (Wildman–Crippen LogP) is -0.435. The van der Waals surface area contributed by atoms with Crippen molar-refractivity contribution in [1.29, 1.82) is 0 Å². The summed E-state index contributed by atoms with van der Waals surface area (Å²) in [7, 11) is -8.58. The zero-order valence-corrected chi connectivity index (χ0v) is 29.7. The summed E-state index contributed by atoms with van der Waals surface area (Å²) in [5, 5.41) is 10.1. The van der Waals surface area contributed by atoms with E-state index in [1.807, 2.05) is 6.92 Å². The third-order valence-electron chi connectivity index (χ3n) is 6.59. The average Bonchev–Trinajstić information content (AvgIpc) is 3.58. The van der Waals surface area contributed by atoms with E-state index in [-0.39, 0.29) is 18.9 Å². The van der Waals surface area contributed by atoms with Crippen LogP contribution in [0.2, 0.25) is 0 Å². The van der Waals surface area contributed by atoms with Gasteiger partial charge in [-0.2, -0.15) is 4.31 Å². The first kappa shape index (κ1) is 42.5. The van der Waals surface area contributed by atoms with Gasteiger partial charge in [0.2, 0.25) is 0 Å². The van der Waals surface area contributed by atoms with E-state index < -0.39 is 106 Å². The number of phosphoric acid groups is 4. The lowest BCUT2D eigenvalue weighted by molar-refractivity contribution is -0.0373. The van der Waals surface area contributed by atoms with Crippen molar-refractivity contribution in [1.82, 2.24) is 0 Å². The van der Waals surface area contributed by atoms with Gasteiger partial charge in [-0.3, -0.25) is 18.1 Å². The predicted molar refractivity (Wildman–Crippen MR) is 161 cm³/mol. The third-order valence-corrected chi connectivity index (χ3v) is 13.3. The van der Waals surface area contributed by atoms with Gasteiger partial charge in [-0.25, -0.2) is 22.6 Å². The molecule has 0 aliphatic carbocycles. The summed E-state index contributed by atoms with van der Waals surface area (Å²) in [5.74, 6) is 0. The van der Waals surface area contributed by atoms with Crippen LogP contribution < -0.4 is 0 Å². The van der Waals surface area contributed by atoms with Crippen LogP contribution in [0, 0.1) is 0 Å². The van der Waals surface area contributed by atoms with E-state index >= 15 is 0 Å². The maximum atomic E-state index is 12.8. The number of ether oxygens (including phenoxy) is 3. The van der Waals surface area contributed by atoms with Crippen LogP contribution in [0.1, 0.15) is 32.6 Å². The molecule has 4 unspecified atom stereocenters. The largest absolute Gasteiger partial charge is 0.488 e. The zero-order chi connectivity index (χ0) is 35.4. The molecule has 3 saturated heterocycles. The normalized spacial score (nSPS) is 36.7. The van der Waals surface area contributed by atoms with Crippen LogP contribution in [-0.4, -0.2) is 132 Å². The molecule has 0 aromatic rings. The first-order chi connectivity index (χ1) is 21.5. The molecule has 3 aliphatic rings. The van der Waals surface area contributed by atoms with Gasteiger partial charge in [-0.1, -0.05) is 6.92 Å². The fourth-order valence-electron chi connectivity index (χ4n) is 4.57. The Hall–Kier alpha value is 1.08. The number of hydrogen-bond acceptors (Lipinski definition) is 16. The maximum Gasteiger partial charge on any atom is 0.488 e. The molecule has 47 heavy (non-hydrogen) atoms. The highest BCUT2D eigenvalue weighted by Gasteiger charge is 2.45. The van der Waals surface area contributed by atoms with Crippen molar-refractivity contribution in [3.8, 4) is 0 Å². The van der Waals surface area contributed by atoms with Gasteiger partial charge in [0.25, 0.3) is 0 Å². The molecular weight excluding hydrogens is 760 g/mol. The third kappa shape index (κ3) is 14.6. The Bertz CT molecular complexity index is 1300. The molecule has 30 heteroatoms. The molecule has 0 bridgehead atoms. The topological polar surface area (TPSA) is 302 Å². The zero-order valence-electron chi connectivity index (χ0n) is 24.4. The lowest BCUT2D eigenvalue weighted by Crippen LogP contribution is -2.31. The summed E-state index contributed by atoms with van der Waals surface area (Å²) >= 11 is 4.52. The van der Waals surface area contributed by atoms with Crippen LogP contribution in [0.15, 0.2) is 0 Å². The van der Waals surface area contributed by atoms with Gasteiger partial charge in [-0.15, -0.1) is 0 Å². The minimum absolute atomic E-state index is 0.0740. The molecule has 3 heterocycles. The second-order valence-electron chi connectivity index (χ2n) is 10.3. The van der Waals surface area contributed by atoms with Crippen LogP contribution in [0.4, 0.5) is 0 Å². The highest BCUT2D eigenvalue weighted by Crippen LogP contribution is 2.66. The van der Waals surface area contributed by atoms with Crippen molar-refractivity contribution in [3.63, 3.8) is 0 Å². The van der Waals surface area contributed by atoms with Crippen molar-refractivity contribution >= 4 is 72.6 Å². The lowest BCUT2D eigenvalue weighted by Gasteiger charge is -2.25. The SMILES string of the molecule is [B][B][C@H]1C[C@H](OP(=O)(O)OC[C@H]2O[C@@H](CC)C[C@@H]2O)[C@@H](COP(=O)(O)O[C@H]2C[C@H]([B])O[C@@H]2COP(O)(=S)OP(=O)(O)OP(=O)(O)O)O1. The molecule has 21 nitrogen and oxygen atoms in total. The fraction of sp³-hybridized carbons (Fsp3) is 1.00. The Labute approximate surface area is 277 Å². The summed E-state index contributed by atoms with van der Waals surface area (Å²) in [6.45, 7) is -4.90. The minimum Gasteiger partial charge on any atom is -0.390 e. The van der Waals surface area contributed by atoms with Crippen molar-refractivity contribution < 1.29 is 98.2 Å². The van der Waals surface area contributed by atoms with E-state index in [0.29, 0.717) is 12.8 Å². The first-order valence-corrected chi connectivity index (χ1v) is 22.2. The smallest absolute Gasteiger partial charge is 0.390 e. The Morgan fingerprint density at radius 1 is 0.766 bits per heavy atom. The van der Waals surface area contributed by atoms with E-state index in [0.717, 1.165) is 7.17 Å². The van der Waals surface area contributed by atoms with Gasteiger partial charge in [-0.05, 0) is 31.1 Å². The molecule has 0 spiro atoms. The monoisotopic (exact) mass is 793 g/mol. The highest BCUT2D eigenvalue weighted by atomic mass is 32.5. The molecular formula is C17H33B3O21P5S. The van der Waals surface area contributed by atoms with E-state index in [1.54, 1.807) is 0 Å². The van der Waals surface area contributed by atoms with Crippen LogP contribution >= 0.6 is 38.0 Å². The summed E-state index contributed by atoms with van der Waals surface area (Å²) in [4.78, 5) is 57.4. The Morgan fingerprint density at radius 3 is 1.83 bits per heavy atom. The molecule has 5 radical (unpaired) electrons. The van der Waals surface area contributed by atoms with Gasteiger partial charge < -0.3 is 53.2 Å². The van der Waals surface area contributed by atoms with Gasteiger partial charge >= 0.3 is 38.0 Å². The fourth-order valence-corrected chi connectivity index (χ4v) is 10.5. The summed E-state index contributed by atoms with van der Waals surface area (Å²) in [6.07, 6.45) is -6.59. The van der Waals surface area contributed by atoms with Gasteiger partial charge in [0.05, 0.1) is 51.4 Å². The molecule has 13 atom stereocenters. The second-order valence-corrected chi connectivity index (χ2v) is 18.9. The standard InChI is InChI=1S/C17H33B3O21P5S/c1-2-9-3-10(21)13(35-9)6-32-43(25,26)39-12-5-17(20-19)37-15(12)7-33-44(27,28)38-11-4-16(18)36-14(11)8-34-46(31,47)41-45(29,30)40-42(22,23)24/h9-17,21H,2-8H2,1H3,(H,25,26)(H,27,28)(H,29,30)(H,31,47)(H2,22,23,24)/t9-,10-,11-,12-,13+,14+,15+,16+,17+,46?/m0/s1. The van der Waals surface area contributed by atoms with Crippen molar-refractivity contribution in [2.75, 3.05) is 19.8 Å². The molecule has 0 amide bonds. The molecule has 267 valence electrons. The Morgan fingerprint density at radius 2 is 1.30 bits per heavy atom. The number of aliphatic hydroxyl groups excluding tert-OH is 1. The van der Waals surface area contributed by atoms with Gasteiger partial charge in [0, 0.05) is 26.2 Å².